The second-order valence-corrected chi connectivity index (χ2v) is 2.30. The van der Waals surface area contributed by atoms with E-state index in [9.17, 15) is 13.2 Å². The van der Waals surface area contributed by atoms with Crippen LogP contribution in [0.3, 0.4) is 0 Å². The van der Waals surface area contributed by atoms with Crippen LogP contribution >= 0.6 is 12.4 Å². The molecule has 1 fully saturated rings. The maximum absolute atomic E-state index is 11.5. The quantitative estimate of drug-likeness (QED) is 0.675. The van der Waals surface area contributed by atoms with Gasteiger partial charge in [0.2, 0.25) is 0 Å². The molecule has 0 aromatic heterocycles. The maximum Gasteiger partial charge on any atom is 0.522 e. The second kappa shape index (κ2) is 3.60. The van der Waals surface area contributed by atoms with Crippen molar-refractivity contribution in [1.29, 1.82) is 0 Å². The Kier molecular flexibility index (Phi) is 3.60. The van der Waals surface area contributed by atoms with Crippen LogP contribution in [0.15, 0.2) is 0 Å². The standard InChI is InChI=1S/C5H8F3NO.ClH/c1-3-4(2-9-3)10-5(6,7)8;/h3-4,9H,2H2,1H3;1H/t3-,4-;/m1./s1. The Hall–Kier alpha value is -0.0000000000000000555. The van der Waals surface area contributed by atoms with Gasteiger partial charge < -0.3 is 5.32 Å². The molecule has 6 heteroatoms. The van der Waals surface area contributed by atoms with Crippen LogP contribution < -0.4 is 5.32 Å². The summed E-state index contributed by atoms with van der Waals surface area (Å²) in [4.78, 5) is 0. The van der Waals surface area contributed by atoms with Crippen LogP contribution in [-0.2, 0) is 4.74 Å². The summed E-state index contributed by atoms with van der Waals surface area (Å²) in [6.07, 6.45) is -5.18. The zero-order valence-corrected chi connectivity index (χ0v) is 6.63. The fraction of sp³-hybridized carbons (Fsp3) is 1.00. The van der Waals surface area contributed by atoms with Gasteiger partial charge in [-0.2, -0.15) is 0 Å². The maximum atomic E-state index is 11.5. The fourth-order valence-electron chi connectivity index (χ4n) is 0.765. The van der Waals surface area contributed by atoms with Crippen LogP contribution in [0.4, 0.5) is 13.2 Å². The minimum absolute atomic E-state index is 0. The van der Waals surface area contributed by atoms with Gasteiger partial charge >= 0.3 is 6.36 Å². The SMILES string of the molecule is C[C@H]1NC[C@H]1OC(F)(F)F.Cl. The number of hydrogen-bond donors (Lipinski definition) is 1. The van der Waals surface area contributed by atoms with Crippen LogP contribution in [0.25, 0.3) is 0 Å². The lowest BCUT2D eigenvalue weighted by atomic mass is 10.1. The summed E-state index contributed by atoms with van der Waals surface area (Å²) in [6.45, 7) is 1.95. The molecule has 0 bridgehead atoms. The first-order valence-corrected chi connectivity index (χ1v) is 2.97. The summed E-state index contributed by atoms with van der Waals surface area (Å²) in [5.41, 5.74) is 0. The topological polar surface area (TPSA) is 21.3 Å². The van der Waals surface area contributed by atoms with Gasteiger partial charge in [0.1, 0.15) is 0 Å². The molecule has 2 atom stereocenters. The van der Waals surface area contributed by atoms with Gasteiger partial charge in [0.15, 0.2) is 0 Å². The molecule has 0 unspecified atom stereocenters. The highest BCUT2D eigenvalue weighted by Gasteiger charge is 2.39. The van der Waals surface area contributed by atoms with Gasteiger partial charge in [0.25, 0.3) is 0 Å². The first-order valence-electron chi connectivity index (χ1n) is 2.97. The monoisotopic (exact) mass is 191 g/mol. The second-order valence-electron chi connectivity index (χ2n) is 2.30. The van der Waals surface area contributed by atoms with Crippen molar-refractivity contribution in [3.63, 3.8) is 0 Å². The van der Waals surface area contributed by atoms with Gasteiger partial charge in [0.05, 0.1) is 6.10 Å². The van der Waals surface area contributed by atoms with E-state index in [0.717, 1.165) is 0 Å². The Bertz CT molecular complexity index is 129. The zero-order chi connectivity index (χ0) is 7.78. The Morgan fingerprint density at radius 3 is 2.09 bits per heavy atom. The van der Waals surface area contributed by atoms with Gasteiger partial charge in [-0.15, -0.1) is 25.6 Å². The highest BCUT2D eigenvalue weighted by molar-refractivity contribution is 5.85. The molecule has 1 aliphatic rings. The van der Waals surface area contributed by atoms with Gasteiger partial charge in [-0.3, -0.25) is 4.74 Å². The van der Waals surface area contributed by atoms with Crippen LogP contribution in [0, 0.1) is 0 Å². The molecular weight excluding hydrogens is 183 g/mol. The van der Waals surface area contributed by atoms with E-state index in [-0.39, 0.29) is 18.4 Å². The summed E-state index contributed by atoms with van der Waals surface area (Å²) in [5.74, 6) is 0. The Balaban J connectivity index is 0.000001000. The van der Waals surface area contributed by atoms with Crippen molar-refractivity contribution in [3.8, 4) is 0 Å². The number of halogens is 4. The van der Waals surface area contributed by atoms with Crippen molar-refractivity contribution in [1.82, 2.24) is 5.32 Å². The molecule has 1 saturated heterocycles. The summed E-state index contributed by atoms with van der Waals surface area (Å²) in [5, 5.41) is 2.76. The van der Waals surface area contributed by atoms with Crippen LogP contribution in [0.5, 0.6) is 0 Å². The van der Waals surface area contributed by atoms with Crippen molar-refractivity contribution < 1.29 is 17.9 Å². The van der Waals surface area contributed by atoms with Gasteiger partial charge in [-0.25, -0.2) is 0 Å². The van der Waals surface area contributed by atoms with Crippen molar-refractivity contribution in [2.45, 2.75) is 25.4 Å². The van der Waals surface area contributed by atoms with Gasteiger partial charge in [-0.05, 0) is 6.92 Å². The zero-order valence-electron chi connectivity index (χ0n) is 5.81. The van der Waals surface area contributed by atoms with Crippen LogP contribution in [-0.4, -0.2) is 25.1 Å². The average Bonchev–Trinajstić information content (AvgIpc) is 1.78. The van der Waals surface area contributed by atoms with E-state index in [1.165, 1.54) is 0 Å². The lowest BCUT2D eigenvalue weighted by molar-refractivity contribution is -0.351. The van der Waals surface area contributed by atoms with Gasteiger partial charge in [0, 0.05) is 12.6 Å². The van der Waals surface area contributed by atoms with E-state index in [1.807, 2.05) is 0 Å². The first-order chi connectivity index (χ1) is 4.49. The fourth-order valence-corrected chi connectivity index (χ4v) is 0.765. The van der Waals surface area contributed by atoms with Crippen molar-refractivity contribution >= 4 is 12.4 Å². The minimum Gasteiger partial charge on any atom is -0.309 e. The lowest BCUT2D eigenvalue weighted by Gasteiger charge is -2.35. The summed E-state index contributed by atoms with van der Waals surface area (Å²) >= 11 is 0. The molecule has 1 N–H and O–H groups in total. The number of nitrogens with one attached hydrogen (secondary N) is 1. The van der Waals surface area contributed by atoms with Crippen molar-refractivity contribution in [2.75, 3.05) is 6.54 Å². The minimum atomic E-state index is -4.49. The highest BCUT2D eigenvalue weighted by Crippen LogP contribution is 2.22. The molecule has 0 aliphatic carbocycles. The Morgan fingerprint density at radius 1 is 1.45 bits per heavy atom. The third kappa shape index (κ3) is 3.27. The molecule has 2 nitrogen and oxygen atoms in total. The average molecular weight is 192 g/mol. The number of hydrogen-bond acceptors (Lipinski definition) is 2. The molecule has 0 aromatic rings. The van der Waals surface area contributed by atoms with Crippen molar-refractivity contribution in [3.05, 3.63) is 0 Å². The molecular formula is C5H9ClF3NO. The molecule has 1 heterocycles. The number of ether oxygens (including phenoxy) is 1. The van der Waals surface area contributed by atoms with E-state index >= 15 is 0 Å². The van der Waals surface area contributed by atoms with E-state index < -0.39 is 12.5 Å². The molecule has 0 aromatic carbocycles. The third-order valence-electron chi connectivity index (χ3n) is 1.48. The third-order valence-corrected chi connectivity index (χ3v) is 1.48. The normalized spacial score (nSPS) is 30.5. The van der Waals surface area contributed by atoms with E-state index in [2.05, 4.69) is 10.1 Å². The Labute approximate surface area is 68.5 Å². The number of alkyl halides is 3. The molecule has 0 radical (unpaired) electrons. The molecule has 1 rings (SSSR count). The molecule has 0 spiro atoms. The largest absolute Gasteiger partial charge is 0.522 e. The van der Waals surface area contributed by atoms with Crippen molar-refractivity contribution in [2.24, 2.45) is 0 Å². The molecule has 11 heavy (non-hydrogen) atoms. The predicted molar refractivity (Wildman–Crippen MR) is 35.6 cm³/mol. The highest BCUT2D eigenvalue weighted by atomic mass is 35.5. The van der Waals surface area contributed by atoms with E-state index in [4.69, 9.17) is 0 Å². The van der Waals surface area contributed by atoms with Crippen LogP contribution in [0.2, 0.25) is 0 Å². The number of rotatable bonds is 1. The molecule has 68 valence electrons. The first kappa shape index (κ1) is 11.0. The summed E-state index contributed by atoms with van der Waals surface area (Å²) in [7, 11) is 0. The van der Waals surface area contributed by atoms with E-state index in [0.29, 0.717) is 6.54 Å². The van der Waals surface area contributed by atoms with E-state index in [1.54, 1.807) is 6.92 Å². The summed E-state index contributed by atoms with van der Waals surface area (Å²) in [6, 6.07) is -0.179. The summed E-state index contributed by atoms with van der Waals surface area (Å²) < 4.78 is 38.1. The molecule has 1 aliphatic heterocycles. The van der Waals surface area contributed by atoms with Crippen LogP contribution in [0.1, 0.15) is 6.92 Å². The predicted octanol–water partition coefficient (Wildman–Crippen LogP) is 1.30. The lowest BCUT2D eigenvalue weighted by Crippen LogP contribution is -2.58. The molecule has 0 amide bonds. The Morgan fingerprint density at radius 2 is 2.00 bits per heavy atom. The van der Waals surface area contributed by atoms with Gasteiger partial charge in [-0.1, -0.05) is 0 Å². The molecule has 0 saturated carbocycles. The smallest absolute Gasteiger partial charge is 0.309 e.